The summed E-state index contributed by atoms with van der Waals surface area (Å²) in [6, 6.07) is 0.896. The second-order valence-corrected chi connectivity index (χ2v) is 7.24. The fourth-order valence-electron chi connectivity index (χ4n) is 3.27. The molecule has 0 bridgehead atoms. The summed E-state index contributed by atoms with van der Waals surface area (Å²) in [7, 11) is 7.15. The minimum Gasteiger partial charge on any atom is -1.00 e. The van der Waals surface area contributed by atoms with Crippen LogP contribution in [0.2, 0.25) is 0 Å². The highest BCUT2D eigenvalue weighted by Gasteiger charge is 2.22. The molecule has 0 heterocycles. The van der Waals surface area contributed by atoms with Crippen molar-refractivity contribution in [2.24, 2.45) is 0 Å². The van der Waals surface area contributed by atoms with E-state index < -0.39 is 0 Å². The zero-order chi connectivity index (χ0) is 13.3. The SMILES string of the molecule is C[N+](C)(C)C1CCCCCCCCCCCCC1.[Cl-]. The van der Waals surface area contributed by atoms with E-state index in [1.54, 1.807) is 0 Å². The summed E-state index contributed by atoms with van der Waals surface area (Å²) < 4.78 is 1.17. The Morgan fingerprint density at radius 3 is 1.05 bits per heavy atom. The van der Waals surface area contributed by atoms with Crippen LogP contribution in [0.25, 0.3) is 0 Å². The maximum absolute atomic E-state index is 2.38. The van der Waals surface area contributed by atoms with Crippen molar-refractivity contribution in [1.29, 1.82) is 0 Å². The van der Waals surface area contributed by atoms with Gasteiger partial charge in [-0.15, -0.1) is 0 Å². The molecule has 0 aliphatic heterocycles. The molecule has 2 heteroatoms. The highest BCUT2D eigenvalue weighted by molar-refractivity contribution is 4.61. The smallest absolute Gasteiger partial charge is 0.0884 e. The first-order valence-electron chi connectivity index (χ1n) is 8.42. The van der Waals surface area contributed by atoms with Gasteiger partial charge in [0.2, 0.25) is 0 Å². The Morgan fingerprint density at radius 2 is 0.789 bits per heavy atom. The van der Waals surface area contributed by atoms with Gasteiger partial charge in [-0.2, -0.15) is 0 Å². The first-order chi connectivity index (χ1) is 8.61. The molecule has 0 N–H and O–H groups in total. The molecule has 1 rings (SSSR count). The van der Waals surface area contributed by atoms with Crippen LogP contribution in [0.15, 0.2) is 0 Å². The molecular weight excluding hydrogens is 254 g/mol. The van der Waals surface area contributed by atoms with Crippen molar-refractivity contribution in [2.75, 3.05) is 21.1 Å². The summed E-state index contributed by atoms with van der Waals surface area (Å²) in [5.74, 6) is 0. The zero-order valence-corrected chi connectivity index (χ0v) is 14.4. The molecule has 1 fully saturated rings. The molecular formula is C17H36ClN. The highest BCUT2D eigenvalue weighted by Crippen LogP contribution is 2.21. The second-order valence-electron chi connectivity index (χ2n) is 7.24. The van der Waals surface area contributed by atoms with Crippen LogP contribution in [0.4, 0.5) is 0 Å². The van der Waals surface area contributed by atoms with Gasteiger partial charge in [0.05, 0.1) is 27.2 Å². The predicted molar refractivity (Wildman–Crippen MR) is 81.8 cm³/mol. The Balaban J connectivity index is 0.00000324. The maximum atomic E-state index is 2.38. The van der Waals surface area contributed by atoms with Crippen LogP contribution in [0, 0.1) is 0 Å². The molecule has 1 aliphatic carbocycles. The molecule has 0 spiro atoms. The summed E-state index contributed by atoms with van der Waals surface area (Å²) in [4.78, 5) is 0. The van der Waals surface area contributed by atoms with E-state index in [1.807, 2.05) is 0 Å². The monoisotopic (exact) mass is 289 g/mol. The lowest BCUT2D eigenvalue weighted by Gasteiger charge is -2.34. The molecule has 0 aromatic heterocycles. The maximum Gasteiger partial charge on any atom is 0.0884 e. The normalized spacial score (nSPS) is 22.3. The standard InChI is InChI=1S/C17H36N.ClH/c1-18(2,3)17-15-13-11-9-7-5-4-6-8-10-12-14-16-17;/h17H,4-16H2,1-3H3;1H/q+1;/p-1. The number of rotatable bonds is 1. The van der Waals surface area contributed by atoms with Gasteiger partial charge in [-0.05, 0) is 25.7 Å². The van der Waals surface area contributed by atoms with E-state index in [0.29, 0.717) is 0 Å². The van der Waals surface area contributed by atoms with Crippen LogP contribution in [0.3, 0.4) is 0 Å². The summed E-state index contributed by atoms with van der Waals surface area (Å²) in [6.45, 7) is 0. The number of nitrogens with zero attached hydrogens (tertiary/aromatic N) is 1. The molecule has 116 valence electrons. The van der Waals surface area contributed by atoms with E-state index in [4.69, 9.17) is 0 Å². The Morgan fingerprint density at radius 1 is 0.526 bits per heavy atom. The van der Waals surface area contributed by atoms with Crippen molar-refractivity contribution >= 4 is 0 Å². The van der Waals surface area contributed by atoms with Crippen molar-refractivity contribution < 1.29 is 16.9 Å². The molecule has 0 aromatic carbocycles. The van der Waals surface area contributed by atoms with Gasteiger partial charge in [0.25, 0.3) is 0 Å². The van der Waals surface area contributed by atoms with Gasteiger partial charge in [0.15, 0.2) is 0 Å². The lowest BCUT2D eigenvalue weighted by molar-refractivity contribution is -0.896. The Hall–Kier alpha value is 0.250. The predicted octanol–water partition coefficient (Wildman–Crippen LogP) is 2.15. The number of quaternary nitrogens is 1. The molecule has 0 amide bonds. The van der Waals surface area contributed by atoms with Crippen LogP contribution in [0.1, 0.15) is 83.5 Å². The summed E-state index contributed by atoms with van der Waals surface area (Å²) in [5, 5.41) is 0. The molecule has 1 aliphatic rings. The minimum absolute atomic E-state index is 0. The molecule has 0 atom stereocenters. The Kier molecular flexibility index (Phi) is 11.1. The quantitative estimate of drug-likeness (QED) is 0.649. The van der Waals surface area contributed by atoms with Crippen molar-refractivity contribution in [3.05, 3.63) is 0 Å². The van der Waals surface area contributed by atoms with Crippen molar-refractivity contribution in [3.8, 4) is 0 Å². The summed E-state index contributed by atoms with van der Waals surface area (Å²) in [5.41, 5.74) is 0. The lowest BCUT2D eigenvalue weighted by Crippen LogP contribution is -3.00. The van der Waals surface area contributed by atoms with Crippen molar-refractivity contribution in [3.63, 3.8) is 0 Å². The first-order valence-corrected chi connectivity index (χ1v) is 8.42. The van der Waals surface area contributed by atoms with Crippen LogP contribution in [-0.2, 0) is 0 Å². The topological polar surface area (TPSA) is 0 Å². The third-order valence-electron chi connectivity index (χ3n) is 4.67. The van der Waals surface area contributed by atoms with Crippen LogP contribution >= 0.6 is 0 Å². The van der Waals surface area contributed by atoms with Gasteiger partial charge < -0.3 is 16.9 Å². The van der Waals surface area contributed by atoms with E-state index in [9.17, 15) is 0 Å². The van der Waals surface area contributed by atoms with Crippen LogP contribution < -0.4 is 12.4 Å². The van der Waals surface area contributed by atoms with Gasteiger partial charge in [0.1, 0.15) is 0 Å². The second kappa shape index (κ2) is 11.0. The Labute approximate surface area is 128 Å². The molecule has 0 radical (unpaired) electrons. The van der Waals surface area contributed by atoms with E-state index in [2.05, 4.69) is 21.1 Å². The van der Waals surface area contributed by atoms with Crippen LogP contribution in [0.5, 0.6) is 0 Å². The average Bonchev–Trinajstić information content (AvgIpc) is 2.30. The van der Waals surface area contributed by atoms with Gasteiger partial charge in [-0.3, -0.25) is 0 Å². The molecule has 19 heavy (non-hydrogen) atoms. The zero-order valence-electron chi connectivity index (χ0n) is 13.6. The lowest BCUT2D eigenvalue weighted by atomic mass is 9.97. The number of halogens is 1. The fourth-order valence-corrected chi connectivity index (χ4v) is 3.27. The van der Waals surface area contributed by atoms with Gasteiger partial charge >= 0.3 is 0 Å². The fraction of sp³-hybridized carbons (Fsp3) is 1.00. The number of hydrogen-bond acceptors (Lipinski definition) is 0. The molecule has 1 nitrogen and oxygen atoms in total. The van der Waals surface area contributed by atoms with Gasteiger partial charge in [0, 0.05) is 0 Å². The summed E-state index contributed by atoms with van der Waals surface area (Å²) in [6.07, 6.45) is 19.1. The third-order valence-corrected chi connectivity index (χ3v) is 4.67. The van der Waals surface area contributed by atoms with Crippen LogP contribution in [-0.4, -0.2) is 31.7 Å². The summed E-state index contributed by atoms with van der Waals surface area (Å²) >= 11 is 0. The molecule has 0 aromatic rings. The first kappa shape index (κ1) is 19.2. The van der Waals surface area contributed by atoms with E-state index in [-0.39, 0.29) is 12.4 Å². The highest BCUT2D eigenvalue weighted by atomic mass is 35.5. The third kappa shape index (κ3) is 9.73. The van der Waals surface area contributed by atoms with E-state index in [0.717, 1.165) is 6.04 Å². The number of hydrogen-bond donors (Lipinski definition) is 0. The Bertz CT molecular complexity index is 184. The average molecular weight is 290 g/mol. The van der Waals surface area contributed by atoms with Gasteiger partial charge in [-0.1, -0.05) is 57.8 Å². The molecule has 0 unspecified atom stereocenters. The molecule has 0 saturated heterocycles. The van der Waals surface area contributed by atoms with Gasteiger partial charge in [-0.25, -0.2) is 0 Å². The van der Waals surface area contributed by atoms with E-state index in [1.165, 1.54) is 88.0 Å². The minimum atomic E-state index is 0. The molecule has 1 saturated carbocycles. The largest absolute Gasteiger partial charge is 1.00 e. The van der Waals surface area contributed by atoms with Crippen molar-refractivity contribution in [1.82, 2.24) is 0 Å². The van der Waals surface area contributed by atoms with Crippen molar-refractivity contribution in [2.45, 2.75) is 89.5 Å². The van der Waals surface area contributed by atoms with E-state index >= 15 is 0 Å².